The number of anilines is 1. The van der Waals surface area contributed by atoms with Gasteiger partial charge in [-0.15, -0.1) is 11.3 Å². The average Bonchev–Trinajstić information content (AvgIpc) is 3.26. The summed E-state index contributed by atoms with van der Waals surface area (Å²) in [5.41, 5.74) is 2.36. The number of carbonyl (C=O) groups excluding carboxylic acids is 2. The molecule has 148 valence electrons. The van der Waals surface area contributed by atoms with Crippen molar-refractivity contribution in [1.82, 2.24) is 14.9 Å². The lowest BCUT2D eigenvalue weighted by Crippen LogP contribution is -2.44. The van der Waals surface area contributed by atoms with Crippen LogP contribution < -0.4 is 5.32 Å². The maximum absolute atomic E-state index is 13.0. The molecule has 1 saturated heterocycles. The van der Waals surface area contributed by atoms with Gasteiger partial charge in [0.15, 0.2) is 0 Å². The maximum Gasteiger partial charge on any atom is 0.273 e. The number of likely N-dealkylation sites (tertiary alicyclic amines) is 1. The second kappa shape index (κ2) is 8.53. The van der Waals surface area contributed by atoms with Crippen LogP contribution in [-0.2, 0) is 4.79 Å². The van der Waals surface area contributed by atoms with Crippen LogP contribution in [0.4, 0.5) is 5.82 Å². The number of hydrogen-bond acceptors (Lipinski definition) is 5. The molecule has 0 spiro atoms. The molecule has 0 bridgehead atoms. The normalized spacial score (nSPS) is 16.4. The van der Waals surface area contributed by atoms with E-state index in [1.54, 1.807) is 16.5 Å². The Bertz CT molecular complexity index is 1020. The second-order valence-electron chi connectivity index (χ2n) is 7.15. The molecule has 3 heterocycles. The Balaban J connectivity index is 1.43. The number of pyridine rings is 1. The second-order valence-corrected chi connectivity index (χ2v) is 8.01. The van der Waals surface area contributed by atoms with Gasteiger partial charge in [0.1, 0.15) is 16.5 Å². The number of rotatable bonds is 4. The molecule has 0 saturated carbocycles. The zero-order valence-electron chi connectivity index (χ0n) is 16.2. The standard InChI is InChI=1S/C22H22N4O2S/c1-15-7-5-11-23-19(15)25-20(27)17-10-6-12-26(13-17)22(28)18-14-29-21(24-18)16-8-3-2-4-9-16/h2-5,7-9,11,14,17H,6,10,12-13H2,1H3,(H,23,25,27). The minimum Gasteiger partial charge on any atom is -0.336 e. The summed E-state index contributed by atoms with van der Waals surface area (Å²) in [5, 5.41) is 5.53. The summed E-state index contributed by atoms with van der Waals surface area (Å²) in [4.78, 5) is 36.1. The van der Waals surface area contributed by atoms with E-state index in [0.29, 0.717) is 24.6 Å². The largest absolute Gasteiger partial charge is 0.336 e. The van der Waals surface area contributed by atoms with Gasteiger partial charge in [-0.25, -0.2) is 9.97 Å². The van der Waals surface area contributed by atoms with E-state index in [-0.39, 0.29) is 17.7 Å². The van der Waals surface area contributed by atoms with Gasteiger partial charge in [0.25, 0.3) is 5.91 Å². The van der Waals surface area contributed by atoms with E-state index >= 15 is 0 Å². The molecule has 1 N–H and O–H groups in total. The van der Waals surface area contributed by atoms with Crippen LogP contribution in [0.2, 0.25) is 0 Å². The lowest BCUT2D eigenvalue weighted by molar-refractivity contribution is -0.121. The predicted molar refractivity (Wildman–Crippen MR) is 114 cm³/mol. The molecule has 2 amide bonds. The van der Waals surface area contributed by atoms with Crippen molar-refractivity contribution >= 4 is 29.0 Å². The molecule has 7 heteroatoms. The predicted octanol–water partition coefficient (Wildman–Crippen LogP) is 4.00. The summed E-state index contributed by atoms with van der Waals surface area (Å²) < 4.78 is 0. The summed E-state index contributed by atoms with van der Waals surface area (Å²) in [7, 11) is 0. The number of aromatic nitrogens is 2. The van der Waals surface area contributed by atoms with Crippen molar-refractivity contribution in [2.24, 2.45) is 5.92 Å². The Kier molecular flexibility index (Phi) is 5.67. The summed E-state index contributed by atoms with van der Waals surface area (Å²) in [6, 6.07) is 13.6. The van der Waals surface area contributed by atoms with Crippen molar-refractivity contribution in [2.45, 2.75) is 19.8 Å². The van der Waals surface area contributed by atoms with Gasteiger partial charge in [-0.2, -0.15) is 0 Å². The molecular formula is C22H22N4O2S. The molecule has 2 aromatic heterocycles. The van der Waals surface area contributed by atoms with E-state index in [0.717, 1.165) is 29.0 Å². The van der Waals surface area contributed by atoms with Crippen molar-refractivity contribution in [3.05, 3.63) is 65.3 Å². The topological polar surface area (TPSA) is 75.2 Å². The van der Waals surface area contributed by atoms with Gasteiger partial charge in [0.05, 0.1) is 5.92 Å². The molecule has 4 rings (SSSR count). The molecule has 1 aliphatic heterocycles. The number of thiazole rings is 1. The first-order valence-electron chi connectivity index (χ1n) is 9.64. The Morgan fingerprint density at radius 1 is 1.17 bits per heavy atom. The van der Waals surface area contributed by atoms with Crippen LogP contribution in [0, 0.1) is 12.8 Å². The molecule has 29 heavy (non-hydrogen) atoms. The summed E-state index contributed by atoms with van der Waals surface area (Å²) >= 11 is 1.46. The van der Waals surface area contributed by atoms with Crippen molar-refractivity contribution < 1.29 is 9.59 Å². The number of hydrogen-bond donors (Lipinski definition) is 1. The third kappa shape index (κ3) is 4.35. The minimum atomic E-state index is -0.249. The number of amides is 2. The lowest BCUT2D eigenvalue weighted by Gasteiger charge is -2.31. The van der Waals surface area contributed by atoms with Gasteiger partial charge in [0.2, 0.25) is 5.91 Å². The number of nitrogens with one attached hydrogen (secondary N) is 1. The Morgan fingerprint density at radius 2 is 2.00 bits per heavy atom. The fourth-order valence-electron chi connectivity index (χ4n) is 3.46. The third-order valence-corrected chi connectivity index (χ3v) is 5.97. The van der Waals surface area contributed by atoms with Crippen LogP contribution in [0.3, 0.4) is 0 Å². The molecule has 3 aromatic rings. The van der Waals surface area contributed by atoms with E-state index < -0.39 is 0 Å². The summed E-state index contributed by atoms with van der Waals surface area (Å²) in [5.74, 6) is 0.122. The number of benzene rings is 1. The molecule has 1 unspecified atom stereocenters. The van der Waals surface area contributed by atoms with Crippen LogP contribution in [0.25, 0.3) is 10.6 Å². The molecular weight excluding hydrogens is 384 g/mol. The molecule has 1 aliphatic rings. The van der Waals surface area contributed by atoms with Crippen molar-refractivity contribution in [2.75, 3.05) is 18.4 Å². The van der Waals surface area contributed by atoms with Gasteiger partial charge >= 0.3 is 0 Å². The van der Waals surface area contributed by atoms with E-state index in [4.69, 9.17) is 0 Å². The lowest BCUT2D eigenvalue weighted by atomic mass is 9.97. The molecule has 1 fully saturated rings. The monoisotopic (exact) mass is 406 g/mol. The van der Waals surface area contributed by atoms with Gasteiger partial charge in [-0.05, 0) is 31.4 Å². The molecule has 6 nitrogen and oxygen atoms in total. The van der Waals surface area contributed by atoms with Gasteiger partial charge in [0, 0.05) is 30.2 Å². The highest BCUT2D eigenvalue weighted by Crippen LogP contribution is 2.26. The van der Waals surface area contributed by atoms with Crippen molar-refractivity contribution in [3.63, 3.8) is 0 Å². The van der Waals surface area contributed by atoms with Crippen LogP contribution in [0.1, 0.15) is 28.9 Å². The number of piperidine rings is 1. The average molecular weight is 407 g/mol. The van der Waals surface area contributed by atoms with Crippen LogP contribution in [0.15, 0.2) is 54.0 Å². The third-order valence-electron chi connectivity index (χ3n) is 5.07. The van der Waals surface area contributed by atoms with E-state index in [2.05, 4.69) is 15.3 Å². The summed E-state index contributed by atoms with van der Waals surface area (Å²) in [6.45, 7) is 2.95. The Morgan fingerprint density at radius 3 is 2.79 bits per heavy atom. The summed E-state index contributed by atoms with van der Waals surface area (Å²) in [6.07, 6.45) is 3.21. The fourth-order valence-corrected chi connectivity index (χ4v) is 4.26. The first kappa shape index (κ1) is 19.3. The Labute approximate surface area is 173 Å². The van der Waals surface area contributed by atoms with E-state index in [9.17, 15) is 9.59 Å². The smallest absolute Gasteiger partial charge is 0.273 e. The molecule has 0 aliphatic carbocycles. The van der Waals surface area contributed by atoms with Crippen molar-refractivity contribution in [3.8, 4) is 10.6 Å². The first-order valence-corrected chi connectivity index (χ1v) is 10.5. The van der Waals surface area contributed by atoms with Gasteiger partial charge in [-0.1, -0.05) is 36.4 Å². The quantitative estimate of drug-likeness (QED) is 0.710. The minimum absolute atomic E-state index is 0.0902. The SMILES string of the molecule is Cc1cccnc1NC(=O)C1CCCN(C(=O)c2csc(-c3ccccc3)n2)C1. The van der Waals surface area contributed by atoms with Crippen LogP contribution in [-0.4, -0.2) is 39.8 Å². The van der Waals surface area contributed by atoms with Crippen LogP contribution in [0.5, 0.6) is 0 Å². The van der Waals surface area contributed by atoms with E-state index in [1.807, 2.05) is 49.4 Å². The van der Waals surface area contributed by atoms with Crippen LogP contribution >= 0.6 is 11.3 Å². The molecule has 1 aromatic carbocycles. The molecule has 0 radical (unpaired) electrons. The zero-order valence-corrected chi connectivity index (χ0v) is 17.0. The zero-order chi connectivity index (χ0) is 20.2. The van der Waals surface area contributed by atoms with Crippen molar-refractivity contribution in [1.29, 1.82) is 0 Å². The highest BCUT2D eigenvalue weighted by Gasteiger charge is 2.30. The van der Waals surface area contributed by atoms with Gasteiger partial charge in [-0.3, -0.25) is 9.59 Å². The van der Waals surface area contributed by atoms with E-state index in [1.165, 1.54) is 11.3 Å². The highest BCUT2D eigenvalue weighted by atomic mass is 32.1. The molecule has 1 atom stereocenters. The number of nitrogens with zero attached hydrogens (tertiary/aromatic N) is 3. The Hall–Kier alpha value is -3.06. The highest BCUT2D eigenvalue weighted by molar-refractivity contribution is 7.13. The fraction of sp³-hybridized carbons (Fsp3) is 0.273. The number of carbonyl (C=O) groups is 2. The van der Waals surface area contributed by atoms with Gasteiger partial charge < -0.3 is 10.2 Å². The number of aryl methyl sites for hydroxylation is 1. The first-order chi connectivity index (χ1) is 14.1. The maximum atomic E-state index is 13.0.